The molecule has 16 heavy (non-hydrogen) atoms. The highest BCUT2D eigenvalue weighted by atomic mass is 16.5. The zero-order valence-electron chi connectivity index (χ0n) is 11.1. The van der Waals surface area contributed by atoms with E-state index in [1.807, 2.05) is 13.8 Å². The molecule has 1 aliphatic heterocycles. The molecule has 0 radical (unpaired) electrons. The van der Waals surface area contributed by atoms with Gasteiger partial charge >= 0.3 is 0 Å². The number of aliphatic hydroxyl groups is 1. The van der Waals surface area contributed by atoms with Gasteiger partial charge in [-0.2, -0.15) is 0 Å². The van der Waals surface area contributed by atoms with E-state index >= 15 is 0 Å². The Labute approximate surface area is 100 Å². The molecule has 1 N–H and O–H groups in total. The third-order valence-electron chi connectivity index (χ3n) is 3.81. The lowest BCUT2D eigenvalue weighted by Gasteiger charge is -2.36. The van der Waals surface area contributed by atoms with Crippen LogP contribution in [0.2, 0.25) is 0 Å². The average Bonchev–Trinajstić information content (AvgIpc) is 2.34. The Morgan fingerprint density at radius 2 is 1.56 bits per heavy atom. The highest BCUT2D eigenvalue weighted by molar-refractivity contribution is 4.80. The second-order valence-corrected chi connectivity index (χ2v) is 5.12. The maximum absolute atomic E-state index is 9.43. The first kappa shape index (κ1) is 14.0. The van der Waals surface area contributed by atoms with Crippen molar-refractivity contribution in [3.8, 4) is 0 Å². The van der Waals surface area contributed by atoms with Crippen LogP contribution in [-0.2, 0) is 4.74 Å². The summed E-state index contributed by atoms with van der Waals surface area (Å²) in [6, 6.07) is 0. The highest BCUT2D eigenvalue weighted by Gasteiger charge is 2.29. The van der Waals surface area contributed by atoms with Crippen LogP contribution in [0.15, 0.2) is 0 Å². The van der Waals surface area contributed by atoms with Gasteiger partial charge in [0.25, 0.3) is 0 Å². The molecule has 1 heterocycles. The molecule has 0 aromatic rings. The molecular formula is C14H28O2. The number of rotatable bonds is 1. The number of ether oxygens (including phenoxy) is 1. The maximum atomic E-state index is 9.43. The number of aliphatic hydroxyl groups excluding tert-OH is 1. The van der Waals surface area contributed by atoms with Gasteiger partial charge in [-0.15, -0.1) is 0 Å². The topological polar surface area (TPSA) is 29.5 Å². The van der Waals surface area contributed by atoms with Crippen LogP contribution in [0.4, 0.5) is 0 Å². The van der Waals surface area contributed by atoms with Gasteiger partial charge in [0.2, 0.25) is 0 Å². The van der Waals surface area contributed by atoms with E-state index < -0.39 is 0 Å². The SMILES string of the molecule is CC.CC1CCC(C2CCC(O)CC2)OC1. The van der Waals surface area contributed by atoms with Crippen molar-refractivity contribution in [1.82, 2.24) is 0 Å². The Morgan fingerprint density at radius 3 is 2.06 bits per heavy atom. The van der Waals surface area contributed by atoms with Gasteiger partial charge in [0, 0.05) is 6.61 Å². The van der Waals surface area contributed by atoms with Crippen molar-refractivity contribution < 1.29 is 9.84 Å². The predicted octanol–water partition coefficient (Wildman–Crippen LogP) is 3.38. The van der Waals surface area contributed by atoms with Crippen molar-refractivity contribution >= 4 is 0 Å². The molecular weight excluding hydrogens is 200 g/mol. The molecule has 2 rings (SSSR count). The number of hydrogen-bond acceptors (Lipinski definition) is 2. The van der Waals surface area contributed by atoms with Gasteiger partial charge in [0.05, 0.1) is 12.2 Å². The molecule has 0 bridgehead atoms. The van der Waals surface area contributed by atoms with E-state index in [1.54, 1.807) is 0 Å². The monoisotopic (exact) mass is 228 g/mol. The maximum Gasteiger partial charge on any atom is 0.0603 e. The zero-order chi connectivity index (χ0) is 12.0. The first-order valence-electron chi connectivity index (χ1n) is 7.05. The largest absolute Gasteiger partial charge is 0.393 e. The fraction of sp³-hybridized carbons (Fsp3) is 1.00. The van der Waals surface area contributed by atoms with Crippen LogP contribution in [-0.4, -0.2) is 23.9 Å². The Balaban J connectivity index is 0.000000606. The van der Waals surface area contributed by atoms with Gasteiger partial charge in [0.15, 0.2) is 0 Å². The van der Waals surface area contributed by atoms with Gasteiger partial charge in [-0.25, -0.2) is 0 Å². The van der Waals surface area contributed by atoms with Crippen LogP contribution < -0.4 is 0 Å². The van der Waals surface area contributed by atoms with E-state index in [9.17, 15) is 5.11 Å². The van der Waals surface area contributed by atoms with Crippen molar-refractivity contribution in [3.05, 3.63) is 0 Å². The normalized spacial score (nSPS) is 39.8. The van der Waals surface area contributed by atoms with Gasteiger partial charge in [-0.3, -0.25) is 0 Å². The Bertz CT molecular complexity index is 146. The first-order valence-corrected chi connectivity index (χ1v) is 7.05. The smallest absolute Gasteiger partial charge is 0.0603 e. The van der Waals surface area contributed by atoms with Crippen LogP contribution in [0.1, 0.15) is 59.3 Å². The van der Waals surface area contributed by atoms with Crippen molar-refractivity contribution in [3.63, 3.8) is 0 Å². The van der Waals surface area contributed by atoms with Crippen LogP contribution in [0.3, 0.4) is 0 Å². The molecule has 2 heteroatoms. The van der Waals surface area contributed by atoms with Gasteiger partial charge in [-0.05, 0) is 50.4 Å². The molecule has 2 unspecified atom stereocenters. The third-order valence-corrected chi connectivity index (χ3v) is 3.81. The molecule has 0 aromatic heterocycles. The highest BCUT2D eigenvalue weighted by Crippen LogP contribution is 2.33. The Morgan fingerprint density at radius 1 is 0.938 bits per heavy atom. The quantitative estimate of drug-likeness (QED) is 0.745. The second-order valence-electron chi connectivity index (χ2n) is 5.12. The lowest BCUT2D eigenvalue weighted by molar-refractivity contribution is -0.0594. The molecule has 0 amide bonds. The van der Waals surface area contributed by atoms with E-state index in [4.69, 9.17) is 4.74 Å². The van der Waals surface area contributed by atoms with Crippen LogP contribution in [0.5, 0.6) is 0 Å². The average molecular weight is 228 g/mol. The molecule has 1 saturated heterocycles. The molecule has 2 fully saturated rings. The van der Waals surface area contributed by atoms with Crippen LogP contribution in [0.25, 0.3) is 0 Å². The van der Waals surface area contributed by atoms with E-state index in [2.05, 4.69) is 6.92 Å². The minimum absolute atomic E-state index is 0.0336. The molecule has 0 spiro atoms. The lowest BCUT2D eigenvalue weighted by atomic mass is 9.81. The summed E-state index contributed by atoms with van der Waals surface area (Å²) >= 11 is 0. The fourth-order valence-electron chi connectivity index (χ4n) is 2.75. The van der Waals surface area contributed by atoms with E-state index in [0.29, 0.717) is 6.10 Å². The lowest BCUT2D eigenvalue weighted by Crippen LogP contribution is -2.34. The van der Waals surface area contributed by atoms with Crippen molar-refractivity contribution in [2.24, 2.45) is 11.8 Å². The molecule has 2 atom stereocenters. The minimum atomic E-state index is -0.0336. The summed E-state index contributed by atoms with van der Waals surface area (Å²) in [5.74, 6) is 1.48. The molecule has 1 saturated carbocycles. The van der Waals surface area contributed by atoms with E-state index in [1.165, 1.54) is 25.7 Å². The summed E-state index contributed by atoms with van der Waals surface area (Å²) in [6.45, 7) is 7.21. The first-order chi connectivity index (χ1) is 7.75. The van der Waals surface area contributed by atoms with E-state index in [0.717, 1.165) is 31.3 Å². The minimum Gasteiger partial charge on any atom is -0.393 e. The Kier molecular flexibility index (Phi) is 6.37. The van der Waals surface area contributed by atoms with Crippen LogP contribution in [0, 0.1) is 11.8 Å². The van der Waals surface area contributed by atoms with Gasteiger partial charge in [-0.1, -0.05) is 20.8 Å². The molecule has 2 nitrogen and oxygen atoms in total. The summed E-state index contributed by atoms with van der Waals surface area (Å²) in [4.78, 5) is 0. The van der Waals surface area contributed by atoms with E-state index in [-0.39, 0.29) is 6.10 Å². The van der Waals surface area contributed by atoms with Crippen molar-refractivity contribution in [1.29, 1.82) is 0 Å². The second kappa shape index (κ2) is 7.29. The Hall–Kier alpha value is -0.0800. The number of hydrogen-bond donors (Lipinski definition) is 1. The van der Waals surface area contributed by atoms with Crippen LogP contribution >= 0.6 is 0 Å². The fourth-order valence-corrected chi connectivity index (χ4v) is 2.75. The molecule has 0 aromatic carbocycles. The molecule has 2 aliphatic rings. The molecule has 96 valence electrons. The summed E-state index contributed by atoms with van der Waals surface area (Å²) < 4.78 is 5.88. The molecule has 1 aliphatic carbocycles. The third kappa shape index (κ3) is 4.06. The van der Waals surface area contributed by atoms with Gasteiger partial charge < -0.3 is 9.84 Å². The van der Waals surface area contributed by atoms with Gasteiger partial charge in [0.1, 0.15) is 0 Å². The van der Waals surface area contributed by atoms with Crippen molar-refractivity contribution in [2.45, 2.75) is 71.5 Å². The van der Waals surface area contributed by atoms with Crippen molar-refractivity contribution in [2.75, 3.05) is 6.61 Å². The zero-order valence-corrected chi connectivity index (χ0v) is 11.1. The standard InChI is InChI=1S/C12H22O2.C2H6/c1-9-2-7-12(14-8-9)10-3-5-11(13)6-4-10;1-2/h9-13H,2-8H2,1H3;1-2H3. The summed E-state index contributed by atoms with van der Waals surface area (Å²) in [6.07, 6.45) is 7.33. The summed E-state index contributed by atoms with van der Waals surface area (Å²) in [5, 5.41) is 9.43. The summed E-state index contributed by atoms with van der Waals surface area (Å²) in [7, 11) is 0. The summed E-state index contributed by atoms with van der Waals surface area (Å²) in [5.41, 5.74) is 0. The predicted molar refractivity (Wildman–Crippen MR) is 67.5 cm³/mol.